The molecule has 18 heavy (non-hydrogen) atoms. The average molecular weight is 245 g/mol. The monoisotopic (exact) mass is 245 g/mol. The predicted molar refractivity (Wildman–Crippen MR) is 72.2 cm³/mol. The van der Waals surface area contributed by atoms with Crippen LogP contribution in [0.3, 0.4) is 0 Å². The van der Waals surface area contributed by atoms with Crippen LogP contribution >= 0.6 is 0 Å². The first-order valence-electron chi connectivity index (χ1n) is 6.32. The zero-order valence-electron chi connectivity index (χ0n) is 10.9. The van der Waals surface area contributed by atoms with E-state index in [-0.39, 0.29) is 11.7 Å². The molecule has 0 spiro atoms. The minimum atomic E-state index is -0.0925. The largest absolute Gasteiger partial charge is 0.370 e. The van der Waals surface area contributed by atoms with E-state index in [1.807, 2.05) is 32.2 Å². The highest BCUT2D eigenvalue weighted by atomic mass is 16.1. The summed E-state index contributed by atoms with van der Waals surface area (Å²) in [4.78, 5) is 14.2. The molecule has 2 N–H and O–H groups in total. The van der Waals surface area contributed by atoms with Crippen LogP contribution in [0.1, 0.15) is 20.3 Å². The van der Waals surface area contributed by atoms with Crippen molar-refractivity contribution >= 4 is 12.0 Å². The van der Waals surface area contributed by atoms with E-state index in [9.17, 15) is 4.79 Å². The van der Waals surface area contributed by atoms with Crippen molar-refractivity contribution in [3.63, 3.8) is 0 Å². The Labute approximate surface area is 108 Å². The van der Waals surface area contributed by atoms with Gasteiger partial charge in [-0.05, 0) is 18.6 Å². The van der Waals surface area contributed by atoms with Crippen LogP contribution in [-0.4, -0.2) is 30.0 Å². The summed E-state index contributed by atoms with van der Waals surface area (Å²) in [5, 5.41) is 10.5. The Balaban J connectivity index is 2.15. The van der Waals surface area contributed by atoms with Crippen LogP contribution in [0.5, 0.6) is 0 Å². The van der Waals surface area contributed by atoms with Crippen LogP contribution in [0.4, 0.5) is 0 Å². The lowest BCUT2D eigenvalue weighted by atomic mass is 9.99. The molecule has 0 aromatic rings. The number of Topliss-reactive ketones (excluding diaryl/α,β-unsaturated/α-hetero) is 1. The molecule has 2 heterocycles. The number of hydrogen-bond acceptors (Lipinski definition) is 4. The summed E-state index contributed by atoms with van der Waals surface area (Å²) < 4.78 is 0. The molecular weight excluding hydrogens is 226 g/mol. The summed E-state index contributed by atoms with van der Waals surface area (Å²) in [6.07, 6.45) is 8.17. The van der Waals surface area contributed by atoms with Gasteiger partial charge in [0.05, 0.1) is 17.0 Å². The standard InChI is InChI=1S/C14H19N3O/c1-10(2)14(18)12(8-15)13-5-4-11(9-16-13)17-6-3-7-17/h4-5,8-10,15-16H,3,6-7H2,1-2H3/b13-12+,15-8?. The van der Waals surface area contributed by atoms with Gasteiger partial charge in [-0.1, -0.05) is 13.8 Å². The van der Waals surface area contributed by atoms with Crippen molar-refractivity contribution < 1.29 is 4.79 Å². The Hall–Kier alpha value is -1.84. The van der Waals surface area contributed by atoms with Crippen molar-refractivity contribution in [2.24, 2.45) is 5.92 Å². The molecule has 0 aromatic carbocycles. The van der Waals surface area contributed by atoms with Gasteiger partial charge in [-0.15, -0.1) is 0 Å². The third-order valence-electron chi connectivity index (χ3n) is 3.24. The summed E-state index contributed by atoms with van der Waals surface area (Å²) in [6.45, 7) is 5.89. The molecule has 0 saturated carbocycles. The SMILES string of the molecule is CC(C)C(=O)/C(C=N)=C1\C=CC(N2CCC2)=CN1. The maximum atomic E-state index is 11.9. The Morgan fingerprint density at radius 1 is 1.44 bits per heavy atom. The molecule has 2 rings (SSSR count). The quantitative estimate of drug-likeness (QED) is 0.587. The van der Waals surface area contributed by atoms with E-state index in [1.165, 1.54) is 6.42 Å². The van der Waals surface area contributed by atoms with Crippen molar-refractivity contribution in [2.45, 2.75) is 20.3 Å². The van der Waals surface area contributed by atoms with Crippen LogP contribution in [0.2, 0.25) is 0 Å². The summed E-state index contributed by atoms with van der Waals surface area (Å²) in [5.41, 5.74) is 2.31. The molecule has 0 unspecified atom stereocenters. The highest BCUT2D eigenvalue weighted by molar-refractivity contribution is 6.14. The molecule has 0 radical (unpaired) electrons. The first-order chi connectivity index (χ1) is 8.63. The van der Waals surface area contributed by atoms with E-state index in [0.29, 0.717) is 11.3 Å². The highest BCUT2D eigenvalue weighted by Crippen LogP contribution is 2.19. The van der Waals surface area contributed by atoms with Gasteiger partial charge in [0.1, 0.15) is 0 Å². The van der Waals surface area contributed by atoms with Gasteiger partial charge in [-0.3, -0.25) is 4.79 Å². The van der Waals surface area contributed by atoms with Crippen LogP contribution in [0.25, 0.3) is 0 Å². The Kier molecular flexibility index (Phi) is 3.65. The van der Waals surface area contributed by atoms with Crippen molar-refractivity contribution in [1.82, 2.24) is 10.2 Å². The zero-order valence-corrected chi connectivity index (χ0v) is 10.9. The van der Waals surface area contributed by atoms with E-state index in [0.717, 1.165) is 25.0 Å². The Morgan fingerprint density at radius 2 is 2.17 bits per heavy atom. The maximum Gasteiger partial charge on any atom is 0.169 e. The van der Waals surface area contributed by atoms with Gasteiger partial charge in [-0.2, -0.15) is 0 Å². The molecule has 2 aliphatic rings. The van der Waals surface area contributed by atoms with Crippen LogP contribution in [0, 0.1) is 11.3 Å². The fourth-order valence-electron chi connectivity index (χ4n) is 1.95. The fraction of sp³-hybridized carbons (Fsp3) is 0.429. The van der Waals surface area contributed by atoms with Crippen molar-refractivity contribution in [1.29, 1.82) is 5.41 Å². The van der Waals surface area contributed by atoms with Crippen molar-refractivity contribution in [3.05, 3.63) is 35.3 Å². The molecule has 1 saturated heterocycles. The van der Waals surface area contributed by atoms with Gasteiger partial charge in [0.25, 0.3) is 0 Å². The van der Waals surface area contributed by atoms with Crippen molar-refractivity contribution in [3.8, 4) is 0 Å². The highest BCUT2D eigenvalue weighted by Gasteiger charge is 2.19. The van der Waals surface area contributed by atoms with Gasteiger partial charge in [-0.25, -0.2) is 0 Å². The number of likely N-dealkylation sites (tertiary alicyclic amines) is 1. The number of allylic oxidation sites excluding steroid dienone is 3. The maximum absolute atomic E-state index is 11.9. The number of dihydropyridines is 1. The van der Waals surface area contributed by atoms with E-state index in [1.54, 1.807) is 0 Å². The number of nitrogens with one attached hydrogen (secondary N) is 2. The van der Waals surface area contributed by atoms with E-state index in [2.05, 4.69) is 10.2 Å². The second-order valence-corrected chi connectivity index (χ2v) is 4.88. The van der Waals surface area contributed by atoms with E-state index in [4.69, 9.17) is 5.41 Å². The van der Waals surface area contributed by atoms with Gasteiger partial charge in [0.15, 0.2) is 5.78 Å². The second kappa shape index (κ2) is 5.21. The first-order valence-corrected chi connectivity index (χ1v) is 6.32. The van der Waals surface area contributed by atoms with Gasteiger partial charge >= 0.3 is 0 Å². The fourth-order valence-corrected chi connectivity index (χ4v) is 1.95. The normalized spacial score (nSPS) is 21.1. The average Bonchev–Trinajstić information content (AvgIpc) is 2.29. The zero-order chi connectivity index (χ0) is 13.1. The number of nitrogens with zero attached hydrogens (tertiary/aromatic N) is 1. The lowest BCUT2D eigenvalue weighted by Gasteiger charge is -2.35. The Bertz CT molecular complexity index is 454. The number of carbonyl (C=O) groups excluding carboxylic acids is 1. The molecular formula is C14H19N3O. The van der Waals surface area contributed by atoms with Gasteiger partial charge < -0.3 is 15.6 Å². The summed E-state index contributed by atoms with van der Waals surface area (Å²) in [7, 11) is 0. The van der Waals surface area contributed by atoms with Crippen LogP contribution < -0.4 is 5.32 Å². The minimum Gasteiger partial charge on any atom is -0.370 e. The number of hydrogen-bond donors (Lipinski definition) is 2. The molecule has 0 aromatic heterocycles. The summed E-state index contributed by atoms with van der Waals surface area (Å²) >= 11 is 0. The van der Waals surface area contributed by atoms with E-state index < -0.39 is 0 Å². The minimum absolute atomic E-state index is 0.00190. The van der Waals surface area contributed by atoms with E-state index >= 15 is 0 Å². The molecule has 4 heteroatoms. The lowest BCUT2D eigenvalue weighted by Crippen LogP contribution is -2.37. The lowest BCUT2D eigenvalue weighted by molar-refractivity contribution is -0.117. The molecule has 0 aliphatic carbocycles. The molecule has 96 valence electrons. The predicted octanol–water partition coefficient (Wildman–Crippen LogP) is 1.82. The first kappa shape index (κ1) is 12.6. The van der Waals surface area contributed by atoms with Crippen molar-refractivity contribution in [2.75, 3.05) is 13.1 Å². The van der Waals surface area contributed by atoms with Crippen LogP contribution in [-0.2, 0) is 4.79 Å². The number of carbonyl (C=O) groups is 1. The summed E-state index contributed by atoms with van der Waals surface area (Å²) in [5.74, 6) is -0.0944. The third kappa shape index (κ3) is 2.37. The molecule has 0 atom stereocenters. The number of rotatable bonds is 4. The second-order valence-electron chi connectivity index (χ2n) is 4.88. The molecule has 1 fully saturated rings. The van der Waals surface area contributed by atoms with Gasteiger partial charge in [0, 0.05) is 31.4 Å². The Morgan fingerprint density at radius 3 is 2.56 bits per heavy atom. The molecule has 0 amide bonds. The third-order valence-corrected chi connectivity index (χ3v) is 3.24. The molecule has 4 nitrogen and oxygen atoms in total. The molecule has 2 aliphatic heterocycles. The van der Waals surface area contributed by atoms with Crippen LogP contribution in [0.15, 0.2) is 35.3 Å². The molecule has 0 bridgehead atoms. The number of ketones is 1. The summed E-state index contributed by atoms with van der Waals surface area (Å²) in [6, 6.07) is 0. The smallest absolute Gasteiger partial charge is 0.169 e. The topological polar surface area (TPSA) is 56.2 Å². The van der Waals surface area contributed by atoms with Gasteiger partial charge in [0.2, 0.25) is 0 Å².